The first kappa shape index (κ1) is 17.0. The van der Waals surface area contributed by atoms with Crippen molar-refractivity contribution in [2.75, 3.05) is 18.0 Å². The summed E-state index contributed by atoms with van der Waals surface area (Å²) in [5.74, 6) is 1.54. The van der Waals surface area contributed by atoms with Gasteiger partial charge in [0.2, 0.25) is 0 Å². The average Bonchev–Trinajstić information content (AvgIpc) is 2.66. The fourth-order valence-corrected chi connectivity index (χ4v) is 3.95. The van der Waals surface area contributed by atoms with Gasteiger partial charge in [-0.2, -0.15) is 0 Å². The number of piperidine rings is 1. The van der Waals surface area contributed by atoms with Gasteiger partial charge in [-0.1, -0.05) is 11.6 Å². The Bertz CT molecular complexity index is 1040. The fourth-order valence-electron chi connectivity index (χ4n) is 3.67. The van der Waals surface area contributed by atoms with Gasteiger partial charge in [-0.25, -0.2) is 9.97 Å². The number of aromatic nitrogens is 3. The van der Waals surface area contributed by atoms with E-state index in [-0.39, 0.29) is 5.56 Å². The molecule has 1 aliphatic rings. The summed E-state index contributed by atoms with van der Waals surface area (Å²) in [6, 6.07) is 7.43. The topological polar surface area (TPSA) is 51.0 Å². The van der Waals surface area contributed by atoms with Crippen molar-refractivity contribution in [3.05, 3.63) is 51.4 Å². The van der Waals surface area contributed by atoms with Gasteiger partial charge in [0, 0.05) is 31.4 Å². The van der Waals surface area contributed by atoms with Crippen molar-refractivity contribution in [3.63, 3.8) is 0 Å². The van der Waals surface area contributed by atoms with Crippen LogP contribution in [-0.2, 0) is 7.05 Å². The molecule has 1 aliphatic heterocycles. The molecular weight excluding hydrogens is 348 g/mol. The number of nitrogens with zero attached hydrogens (tertiary/aromatic N) is 4. The highest BCUT2D eigenvalue weighted by molar-refractivity contribution is 6.31. The Balaban J connectivity index is 1.96. The molecule has 0 saturated carbocycles. The third kappa shape index (κ3) is 2.86. The summed E-state index contributed by atoms with van der Waals surface area (Å²) in [5, 5.41) is 1.10. The molecule has 0 bridgehead atoms. The number of benzene rings is 1. The monoisotopic (exact) mass is 368 g/mol. The van der Waals surface area contributed by atoms with Crippen molar-refractivity contribution < 1.29 is 0 Å². The molecule has 1 saturated heterocycles. The highest BCUT2D eigenvalue weighted by atomic mass is 35.5. The van der Waals surface area contributed by atoms with Crippen LogP contribution in [0, 0.1) is 6.92 Å². The van der Waals surface area contributed by atoms with Crippen molar-refractivity contribution in [3.8, 4) is 11.4 Å². The van der Waals surface area contributed by atoms with Crippen LogP contribution in [0.1, 0.15) is 24.8 Å². The number of hydrogen-bond acceptors (Lipinski definition) is 4. The van der Waals surface area contributed by atoms with Crippen molar-refractivity contribution in [1.82, 2.24) is 14.5 Å². The van der Waals surface area contributed by atoms with Crippen LogP contribution in [0.5, 0.6) is 0 Å². The summed E-state index contributed by atoms with van der Waals surface area (Å²) < 4.78 is 1.60. The molecule has 0 N–H and O–H groups in total. The highest BCUT2D eigenvalue weighted by Crippen LogP contribution is 2.30. The zero-order valence-corrected chi connectivity index (χ0v) is 15.8. The summed E-state index contributed by atoms with van der Waals surface area (Å²) in [6.07, 6.45) is 5.39. The van der Waals surface area contributed by atoms with Crippen LogP contribution in [0.4, 0.5) is 5.82 Å². The molecule has 26 heavy (non-hydrogen) atoms. The number of rotatable bonds is 2. The van der Waals surface area contributed by atoms with Crippen LogP contribution in [0.15, 0.2) is 35.3 Å². The second-order valence-electron chi connectivity index (χ2n) is 6.84. The molecule has 3 aromatic rings. The van der Waals surface area contributed by atoms with E-state index < -0.39 is 0 Å². The molecule has 4 rings (SSSR count). The van der Waals surface area contributed by atoms with E-state index in [4.69, 9.17) is 16.6 Å². The van der Waals surface area contributed by atoms with Crippen LogP contribution in [0.3, 0.4) is 0 Å². The van der Waals surface area contributed by atoms with E-state index in [2.05, 4.69) is 9.88 Å². The van der Waals surface area contributed by atoms with E-state index in [1.807, 2.05) is 25.1 Å². The zero-order chi connectivity index (χ0) is 18.3. The second kappa shape index (κ2) is 6.72. The zero-order valence-electron chi connectivity index (χ0n) is 15.0. The molecule has 0 aliphatic carbocycles. The van der Waals surface area contributed by atoms with E-state index in [9.17, 15) is 4.79 Å². The maximum absolute atomic E-state index is 12.9. The summed E-state index contributed by atoms with van der Waals surface area (Å²) in [6.45, 7) is 3.90. The van der Waals surface area contributed by atoms with Gasteiger partial charge in [-0.3, -0.25) is 9.36 Å². The molecular formula is C20H21ClN4O. The quantitative estimate of drug-likeness (QED) is 0.687. The molecule has 6 heteroatoms. The normalized spacial score (nSPS) is 14.8. The maximum atomic E-state index is 12.9. The van der Waals surface area contributed by atoms with Gasteiger partial charge < -0.3 is 4.90 Å². The number of hydrogen-bond donors (Lipinski definition) is 0. The Kier molecular flexibility index (Phi) is 4.41. The number of pyridine rings is 1. The molecule has 5 nitrogen and oxygen atoms in total. The van der Waals surface area contributed by atoms with Crippen LogP contribution in [0.2, 0.25) is 5.02 Å². The summed E-state index contributed by atoms with van der Waals surface area (Å²) in [5.41, 5.74) is 2.39. The van der Waals surface area contributed by atoms with Crippen molar-refractivity contribution in [1.29, 1.82) is 0 Å². The Morgan fingerprint density at radius 1 is 1.15 bits per heavy atom. The first-order chi connectivity index (χ1) is 12.6. The minimum atomic E-state index is -0.0935. The van der Waals surface area contributed by atoms with Gasteiger partial charge in [0.15, 0.2) is 0 Å². The minimum absolute atomic E-state index is 0.0935. The molecule has 134 valence electrons. The van der Waals surface area contributed by atoms with Crippen molar-refractivity contribution >= 4 is 28.3 Å². The number of halogens is 1. The lowest BCUT2D eigenvalue weighted by molar-refractivity contribution is 0.573. The highest BCUT2D eigenvalue weighted by Gasteiger charge is 2.20. The van der Waals surface area contributed by atoms with Crippen molar-refractivity contribution in [2.45, 2.75) is 26.2 Å². The molecule has 0 atom stereocenters. The minimum Gasteiger partial charge on any atom is -0.356 e. The van der Waals surface area contributed by atoms with E-state index >= 15 is 0 Å². The second-order valence-corrected chi connectivity index (χ2v) is 7.28. The van der Waals surface area contributed by atoms with Crippen LogP contribution >= 0.6 is 11.6 Å². The van der Waals surface area contributed by atoms with Crippen molar-refractivity contribution in [2.24, 2.45) is 7.05 Å². The summed E-state index contributed by atoms with van der Waals surface area (Å²) >= 11 is 6.14. The first-order valence-corrected chi connectivity index (χ1v) is 9.31. The third-order valence-corrected chi connectivity index (χ3v) is 5.24. The fraction of sp³-hybridized carbons (Fsp3) is 0.350. The Hall–Kier alpha value is -2.40. The van der Waals surface area contributed by atoms with Gasteiger partial charge in [-0.15, -0.1) is 0 Å². The van der Waals surface area contributed by atoms with E-state index in [1.54, 1.807) is 23.9 Å². The maximum Gasteiger partial charge on any atom is 0.261 e. The SMILES string of the molecule is Cc1cc(Cl)cc2c(=O)n(C)c(-c3cccnc3N3CCCCC3)nc12. The Labute approximate surface area is 157 Å². The van der Waals surface area contributed by atoms with Crippen LogP contribution < -0.4 is 10.5 Å². The molecule has 1 aromatic carbocycles. The van der Waals surface area contributed by atoms with Gasteiger partial charge in [0.25, 0.3) is 5.56 Å². The van der Waals surface area contributed by atoms with E-state index in [0.717, 1.165) is 42.9 Å². The van der Waals surface area contributed by atoms with Gasteiger partial charge in [-0.05, 0) is 56.0 Å². The van der Waals surface area contributed by atoms with E-state index in [1.165, 1.54) is 6.42 Å². The predicted molar refractivity (Wildman–Crippen MR) is 106 cm³/mol. The Morgan fingerprint density at radius 2 is 1.92 bits per heavy atom. The molecule has 0 amide bonds. The Morgan fingerprint density at radius 3 is 2.69 bits per heavy atom. The van der Waals surface area contributed by atoms with Gasteiger partial charge in [0.05, 0.1) is 16.5 Å². The molecule has 0 spiro atoms. The molecule has 0 unspecified atom stereocenters. The first-order valence-electron chi connectivity index (χ1n) is 8.93. The molecule has 3 heterocycles. The molecule has 2 aromatic heterocycles. The smallest absolute Gasteiger partial charge is 0.261 e. The predicted octanol–water partition coefficient (Wildman–Crippen LogP) is 3.95. The lowest BCUT2D eigenvalue weighted by atomic mass is 10.1. The van der Waals surface area contributed by atoms with Gasteiger partial charge >= 0.3 is 0 Å². The third-order valence-electron chi connectivity index (χ3n) is 5.02. The standard InChI is InChI=1S/C20H21ClN4O/c1-13-11-14(21)12-16-17(13)23-19(24(2)20(16)26)15-7-6-8-22-18(15)25-9-4-3-5-10-25/h6-8,11-12H,3-5,9-10H2,1-2H3. The molecule has 0 radical (unpaired) electrons. The van der Waals surface area contributed by atoms with E-state index in [0.29, 0.717) is 21.7 Å². The van der Waals surface area contributed by atoms with Gasteiger partial charge in [0.1, 0.15) is 11.6 Å². The lowest BCUT2D eigenvalue weighted by Gasteiger charge is -2.29. The summed E-state index contributed by atoms with van der Waals surface area (Å²) in [4.78, 5) is 24.7. The average molecular weight is 369 g/mol. The number of fused-ring (bicyclic) bond motifs is 1. The molecule has 1 fully saturated rings. The largest absolute Gasteiger partial charge is 0.356 e. The van der Waals surface area contributed by atoms with Crippen LogP contribution in [0.25, 0.3) is 22.3 Å². The van der Waals surface area contributed by atoms with Crippen LogP contribution in [-0.4, -0.2) is 27.6 Å². The number of aryl methyl sites for hydroxylation is 1. The lowest BCUT2D eigenvalue weighted by Crippen LogP contribution is -2.31. The summed E-state index contributed by atoms with van der Waals surface area (Å²) in [7, 11) is 1.76. The number of anilines is 1.